The van der Waals surface area contributed by atoms with Gasteiger partial charge in [0.25, 0.3) is 0 Å². The first-order valence-electron chi connectivity index (χ1n) is 45.3. The molecule has 18 rings (SSSR count). The van der Waals surface area contributed by atoms with E-state index in [0.717, 1.165) is 181 Å². The summed E-state index contributed by atoms with van der Waals surface area (Å²) in [5.74, 6) is -0.705. The quantitative estimate of drug-likeness (QED) is 0.0262. The summed E-state index contributed by atoms with van der Waals surface area (Å²) in [5, 5.41) is 8.87. The van der Waals surface area contributed by atoms with Gasteiger partial charge in [-0.25, -0.2) is 8.78 Å². The van der Waals surface area contributed by atoms with E-state index < -0.39 is 35.2 Å². The van der Waals surface area contributed by atoms with Gasteiger partial charge in [-0.2, -0.15) is 39.5 Å². The maximum Gasteiger partial charge on any atom is 0.399 e. The standard InChI is InChI=1S/C32H26F4N.C32H27F3N.C27H23F3N.C26H23FN.4Ir/c1-2-3-4-5-8-21-11-13-22(14-12-21)28-17-23(15-16-29(28)32(34,35)36)31-19-27-24(20-37-31)18-30(33)26-10-7-6-9-25(26)27;1-2-3-4-5-8-22-11-13-24(14-12-22)29-19-25(17-18-30(29)32(33,34)35)31-20-28-26(21-36-31)16-15-23-9-6-7-10-27(23)28;1-3-4-7-19-9-11-20(12-10-19)21-15-22(17-23(16-21)27(28,29)30)25-14-13-24-18(2)6-5-8-26(24)31-25;1-3-4-5-19-7-10-20(11-8-19)22-15-23(17-24(27)16-22)25-13-12-21-9-6-18(2)14-26(21)28-25;;;;/h6-7,9-14,16-20H,2-5,8H2,1H3;6-7,9-16,18-21H,2-5,8H2,1H3;5-6,8-16H,3-4,7H2,1-2H3;6-16H,3-5H2,1-2H3;;;;/q4*-1;;;;. The van der Waals surface area contributed by atoms with Crippen LogP contribution in [0.25, 0.3) is 154 Å². The number of halogens is 11. The average molecular weight is 2540 g/mol. The molecule has 19 heteroatoms. The Hall–Kier alpha value is -10.9. The Balaban J connectivity index is 0.000000173. The molecule has 0 spiro atoms. The van der Waals surface area contributed by atoms with Gasteiger partial charge in [-0.1, -0.05) is 320 Å². The third kappa shape index (κ3) is 26.5. The zero-order chi connectivity index (χ0) is 92.6. The van der Waals surface area contributed by atoms with Crippen molar-refractivity contribution in [3.8, 4) is 89.5 Å². The van der Waals surface area contributed by atoms with Crippen LogP contribution in [0.3, 0.4) is 0 Å². The molecule has 4 heterocycles. The Bertz CT molecular complexity index is 7090. The molecule has 0 bridgehead atoms. The third-order valence-corrected chi connectivity index (χ3v) is 24.1. The molecule has 4 radical (unpaired) electrons. The van der Waals surface area contributed by atoms with E-state index in [1.165, 1.54) is 67.9 Å². The summed E-state index contributed by atoms with van der Waals surface area (Å²) in [6.07, 6.45) is 7.51. The van der Waals surface area contributed by atoms with Crippen LogP contribution < -0.4 is 0 Å². The van der Waals surface area contributed by atoms with Gasteiger partial charge in [0.05, 0.1) is 11.0 Å². The van der Waals surface area contributed by atoms with Crippen LogP contribution in [0.15, 0.2) is 298 Å². The van der Waals surface area contributed by atoms with Gasteiger partial charge in [-0.3, -0.25) is 9.97 Å². The van der Waals surface area contributed by atoms with Gasteiger partial charge < -0.3 is 9.97 Å². The van der Waals surface area contributed by atoms with Gasteiger partial charge in [-0.15, -0.1) is 94.5 Å². The number of alkyl halides is 9. The van der Waals surface area contributed by atoms with Crippen LogP contribution in [0.1, 0.15) is 155 Å². The molecule has 0 amide bonds. The number of aryl methyl sites for hydroxylation is 6. The molecule has 18 aromatic rings. The van der Waals surface area contributed by atoms with Crippen LogP contribution in [-0.2, 0) is 125 Å². The molecule has 136 heavy (non-hydrogen) atoms. The number of hydrogen-bond donors (Lipinski definition) is 0. The summed E-state index contributed by atoms with van der Waals surface area (Å²) in [5.41, 5.74) is 15.1. The third-order valence-electron chi connectivity index (χ3n) is 24.1. The summed E-state index contributed by atoms with van der Waals surface area (Å²) < 4.78 is 153. The largest absolute Gasteiger partial charge is 0.399 e. The predicted molar refractivity (Wildman–Crippen MR) is 518 cm³/mol. The van der Waals surface area contributed by atoms with Crippen molar-refractivity contribution in [2.75, 3.05) is 0 Å². The molecule has 0 aliphatic heterocycles. The first-order chi connectivity index (χ1) is 63.7. The topological polar surface area (TPSA) is 51.6 Å². The predicted octanol–water partition coefficient (Wildman–Crippen LogP) is 34.7. The van der Waals surface area contributed by atoms with Crippen molar-refractivity contribution in [2.45, 2.75) is 163 Å². The summed E-state index contributed by atoms with van der Waals surface area (Å²) in [4.78, 5) is 18.3. The smallest absolute Gasteiger partial charge is 0.304 e. The number of unbranched alkanes of at least 4 members (excludes halogenated alkanes) is 8. The van der Waals surface area contributed by atoms with Crippen LogP contribution in [0.4, 0.5) is 48.3 Å². The molecule has 0 aliphatic carbocycles. The minimum Gasteiger partial charge on any atom is -0.304 e. The summed E-state index contributed by atoms with van der Waals surface area (Å²) in [6.45, 7) is 12.7. The first kappa shape index (κ1) is 106. The number of rotatable bonds is 24. The van der Waals surface area contributed by atoms with Crippen molar-refractivity contribution in [3.63, 3.8) is 0 Å². The number of fused-ring (bicyclic) bond motifs is 8. The van der Waals surface area contributed by atoms with Crippen molar-refractivity contribution in [2.24, 2.45) is 0 Å². The molecule has 0 unspecified atom stereocenters. The van der Waals surface area contributed by atoms with Crippen LogP contribution in [0, 0.1) is 49.7 Å². The molecule has 4 nitrogen and oxygen atoms in total. The summed E-state index contributed by atoms with van der Waals surface area (Å²) in [6, 6.07) is 97.5. The number of benzene rings is 14. The first-order valence-corrected chi connectivity index (χ1v) is 45.3. The molecule has 704 valence electrons. The van der Waals surface area contributed by atoms with Gasteiger partial charge in [0, 0.05) is 115 Å². The van der Waals surface area contributed by atoms with Crippen molar-refractivity contribution >= 4 is 64.9 Å². The zero-order valence-electron chi connectivity index (χ0n) is 75.9. The molecule has 0 aliphatic rings. The van der Waals surface area contributed by atoms with Crippen LogP contribution in [0.5, 0.6) is 0 Å². The van der Waals surface area contributed by atoms with E-state index in [1.807, 2.05) is 159 Å². The molecule has 0 saturated carbocycles. The number of nitrogens with zero attached hydrogens (tertiary/aromatic N) is 4. The van der Waals surface area contributed by atoms with Gasteiger partial charge >= 0.3 is 18.5 Å². The zero-order valence-corrected chi connectivity index (χ0v) is 85.5. The Labute approximate surface area is 842 Å². The van der Waals surface area contributed by atoms with Gasteiger partial charge in [0.15, 0.2) is 0 Å². The fourth-order valence-electron chi connectivity index (χ4n) is 16.8. The van der Waals surface area contributed by atoms with E-state index in [1.54, 1.807) is 73.1 Å². The van der Waals surface area contributed by atoms with Crippen LogP contribution in [-0.4, -0.2) is 19.9 Å². The molecule has 0 atom stereocenters. The number of aromatic nitrogens is 4. The number of hydrogen-bond acceptors (Lipinski definition) is 4. The molecule has 4 aromatic heterocycles. The van der Waals surface area contributed by atoms with E-state index >= 15 is 0 Å². The Morgan fingerprint density at radius 3 is 1.26 bits per heavy atom. The average Bonchev–Trinajstić information content (AvgIpc) is 0.754. The maximum atomic E-state index is 14.5. The van der Waals surface area contributed by atoms with E-state index in [-0.39, 0.29) is 103 Å². The SMILES string of the molecule is CCCCCCc1ccc(-c2cc(-c3cc4c(ccc5ccccc54)cn3)[c-]cc2C(F)(F)F)cc1.CCCCCCc1ccc(-c2cc(-c3cc4c(cn3)cc(F)c3ccccc34)[c-]cc2C(F)(F)F)cc1.CCCCc1ccc(-c2cc(-c3ccc4c(C)cccc4n3)[c-]c(C(F)(F)F)c2)cc1.CCCCc1ccc(-c2cc(F)[c-]c(-c3ccc4ccc(C)cc4n3)c2)cc1.[Ir].[Ir].[Ir].[Ir]. The molecule has 0 N–H and O–H groups in total. The molecule has 0 fully saturated rings. The fourth-order valence-corrected chi connectivity index (χ4v) is 16.8. The van der Waals surface area contributed by atoms with Crippen molar-refractivity contribution in [3.05, 3.63) is 383 Å². The minimum atomic E-state index is -4.52. The molecule has 14 aromatic carbocycles. The van der Waals surface area contributed by atoms with Crippen molar-refractivity contribution in [1.82, 2.24) is 19.9 Å². The summed E-state index contributed by atoms with van der Waals surface area (Å²) >= 11 is 0. The Morgan fingerprint density at radius 2 is 0.735 bits per heavy atom. The number of pyridine rings is 4. The fraction of sp³-hybridized carbons (Fsp3) is 0.214. The normalized spacial score (nSPS) is 11.4. The van der Waals surface area contributed by atoms with E-state index in [4.69, 9.17) is 4.98 Å². The molecular formula is C117H99F11Ir4N4-4. The van der Waals surface area contributed by atoms with Crippen molar-refractivity contribution < 1.29 is 129 Å². The van der Waals surface area contributed by atoms with E-state index in [9.17, 15) is 48.3 Å². The molecular weight excluding hydrogens is 2440 g/mol. The molecule has 0 saturated heterocycles. The second-order valence-corrected chi connectivity index (χ2v) is 33.8. The van der Waals surface area contributed by atoms with Crippen molar-refractivity contribution in [1.29, 1.82) is 0 Å². The van der Waals surface area contributed by atoms with E-state index in [2.05, 4.69) is 109 Å². The van der Waals surface area contributed by atoms with Gasteiger partial charge in [0.2, 0.25) is 0 Å². The van der Waals surface area contributed by atoms with Crippen LogP contribution >= 0.6 is 0 Å². The Kier molecular flexibility index (Phi) is 37.5. The van der Waals surface area contributed by atoms with Gasteiger partial charge in [0.1, 0.15) is 5.82 Å². The maximum absolute atomic E-state index is 14.5. The van der Waals surface area contributed by atoms with Gasteiger partial charge in [-0.05, 0) is 216 Å². The summed E-state index contributed by atoms with van der Waals surface area (Å²) in [7, 11) is 0. The monoisotopic (exact) mass is 2540 g/mol. The second kappa shape index (κ2) is 48.4. The Morgan fingerprint density at radius 1 is 0.294 bits per heavy atom. The minimum absolute atomic E-state index is 0. The van der Waals surface area contributed by atoms with E-state index in [0.29, 0.717) is 66.8 Å². The van der Waals surface area contributed by atoms with Crippen LogP contribution in [0.2, 0.25) is 0 Å². The second-order valence-electron chi connectivity index (χ2n) is 33.8.